The fraction of sp³-hybridized carbons (Fsp3) is 0.200. The van der Waals surface area contributed by atoms with Crippen molar-refractivity contribution in [3.63, 3.8) is 0 Å². The van der Waals surface area contributed by atoms with Crippen molar-refractivity contribution in [3.8, 4) is 0 Å². The molecule has 0 fully saturated rings. The third-order valence-corrected chi connectivity index (χ3v) is 3.40. The van der Waals surface area contributed by atoms with E-state index in [1.807, 2.05) is 24.6 Å². The third kappa shape index (κ3) is 1.28. The molecule has 0 aliphatic rings. The van der Waals surface area contributed by atoms with Gasteiger partial charge in [0.2, 0.25) is 10.5 Å². The molecule has 72 valence electrons. The molecule has 0 saturated heterocycles. The van der Waals surface area contributed by atoms with E-state index in [2.05, 4.69) is 0 Å². The summed E-state index contributed by atoms with van der Waals surface area (Å²) < 4.78 is 3.02. The zero-order chi connectivity index (χ0) is 10.3. The molecule has 0 radical (unpaired) electrons. The zero-order valence-electron chi connectivity index (χ0n) is 7.90. The van der Waals surface area contributed by atoms with Gasteiger partial charge in [-0.25, -0.2) is 0 Å². The number of aromatic carboxylic acids is 1. The molecule has 0 spiro atoms. The molecule has 1 heterocycles. The Kier molecular flexibility index (Phi) is 2.00. The van der Waals surface area contributed by atoms with Crippen molar-refractivity contribution >= 4 is 27.5 Å². The zero-order valence-corrected chi connectivity index (χ0v) is 8.72. The first-order valence-corrected chi connectivity index (χ1v) is 5.02. The molecule has 0 aliphatic carbocycles. The fourth-order valence-electron chi connectivity index (χ4n) is 1.40. The molecule has 0 atom stereocenters. The molecule has 0 N–H and O–H groups in total. The van der Waals surface area contributed by atoms with Crippen LogP contribution in [0.5, 0.6) is 0 Å². The second-order valence-electron chi connectivity index (χ2n) is 3.15. The minimum Gasteiger partial charge on any atom is -0.545 e. The molecular formula is C10H9NO2S. The minimum absolute atomic E-state index is 0.236. The summed E-state index contributed by atoms with van der Waals surface area (Å²) in [6.45, 7) is 2.00. The van der Waals surface area contributed by atoms with Gasteiger partial charge in [0.25, 0.3) is 0 Å². The molecule has 0 unspecified atom stereocenters. The number of hydrogen-bond donors (Lipinski definition) is 0. The molecule has 1 aromatic carbocycles. The van der Waals surface area contributed by atoms with Crippen molar-refractivity contribution in [1.29, 1.82) is 0 Å². The van der Waals surface area contributed by atoms with Crippen molar-refractivity contribution in [2.45, 2.75) is 6.92 Å². The number of nitrogens with zero attached hydrogens (tertiary/aromatic N) is 1. The summed E-state index contributed by atoms with van der Waals surface area (Å²) in [5.41, 5.74) is 1.29. The van der Waals surface area contributed by atoms with Crippen molar-refractivity contribution in [3.05, 3.63) is 28.8 Å². The number of thiazole rings is 1. The molecule has 0 bridgehead atoms. The maximum atomic E-state index is 10.6. The number of fused-ring (bicyclic) bond motifs is 1. The van der Waals surface area contributed by atoms with Crippen LogP contribution in [-0.4, -0.2) is 5.97 Å². The van der Waals surface area contributed by atoms with E-state index in [1.165, 1.54) is 0 Å². The lowest BCUT2D eigenvalue weighted by Crippen LogP contribution is -2.29. The first kappa shape index (κ1) is 9.15. The van der Waals surface area contributed by atoms with Crippen LogP contribution in [0.15, 0.2) is 18.2 Å². The highest BCUT2D eigenvalue weighted by molar-refractivity contribution is 7.18. The van der Waals surface area contributed by atoms with Crippen molar-refractivity contribution in [2.24, 2.45) is 7.05 Å². The molecule has 14 heavy (non-hydrogen) atoms. The smallest absolute Gasteiger partial charge is 0.234 e. The second-order valence-corrected chi connectivity index (χ2v) is 4.38. The quantitative estimate of drug-likeness (QED) is 0.635. The lowest BCUT2D eigenvalue weighted by Gasteiger charge is -1.99. The number of carbonyl (C=O) groups is 1. The van der Waals surface area contributed by atoms with Gasteiger partial charge in [0.15, 0.2) is 0 Å². The summed E-state index contributed by atoms with van der Waals surface area (Å²) in [6, 6.07) is 5.04. The summed E-state index contributed by atoms with van der Waals surface area (Å²) in [4.78, 5) is 10.6. The molecule has 4 heteroatoms. The number of aryl methyl sites for hydroxylation is 2. The van der Waals surface area contributed by atoms with Crippen molar-refractivity contribution < 1.29 is 14.5 Å². The Bertz CT molecular complexity index is 516. The normalized spacial score (nSPS) is 10.7. The van der Waals surface area contributed by atoms with Gasteiger partial charge in [-0.05, 0) is 17.7 Å². The predicted molar refractivity (Wildman–Crippen MR) is 52.1 cm³/mol. The van der Waals surface area contributed by atoms with E-state index in [0.29, 0.717) is 0 Å². The number of aromatic nitrogens is 1. The van der Waals surface area contributed by atoms with Crippen LogP contribution >= 0.6 is 11.3 Å². The number of hydrogen-bond acceptors (Lipinski definition) is 3. The summed E-state index contributed by atoms with van der Waals surface area (Å²) in [7, 11) is 1.97. The van der Waals surface area contributed by atoms with Crippen LogP contribution in [0.3, 0.4) is 0 Å². The van der Waals surface area contributed by atoms with E-state index in [9.17, 15) is 9.90 Å². The summed E-state index contributed by atoms with van der Waals surface area (Å²) in [5.74, 6) is -1.12. The Hall–Kier alpha value is -1.42. The number of rotatable bonds is 1. The fourth-order valence-corrected chi connectivity index (χ4v) is 2.45. The molecule has 2 aromatic rings. The topological polar surface area (TPSA) is 44.0 Å². The number of carbonyl (C=O) groups excluding carboxylic acids is 1. The van der Waals surface area contributed by atoms with Crippen LogP contribution in [0.2, 0.25) is 0 Å². The Labute approximate surface area is 85.2 Å². The van der Waals surface area contributed by atoms with E-state index in [-0.39, 0.29) is 5.56 Å². The molecule has 2 rings (SSSR count). The van der Waals surface area contributed by atoms with Crippen LogP contribution in [0.25, 0.3) is 10.2 Å². The van der Waals surface area contributed by atoms with E-state index in [0.717, 1.165) is 15.2 Å². The molecule has 0 aliphatic heterocycles. The lowest BCUT2D eigenvalue weighted by atomic mass is 10.2. The Morgan fingerprint density at radius 3 is 2.86 bits per heavy atom. The van der Waals surface area contributed by atoms with Gasteiger partial charge in [-0.1, -0.05) is 11.3 Å². The van der Waals surface area contributed by atoms with E-state index < -0.39 is 5.97 Å². The van der Waals surface area contributed by atoms with E-state index in [1.54, 1.807) is 23.5 Å². The summed E-state index contributed by atoms with van der Waals surface area (Å²) in [6.07, 6.45) is 0. The first-order valence-electron chi connectivity index (χ1n) is 4.20. The maximum absolute atomic E-state index is 10.6. The Morgan fingerprint density at radius 2 is 2.21 bits per heavy atom. The van der Waals surface area contributed by atoms with Crippen molar-refractivity contribution in [1.82, 2.24) is 0 Å². The lowest BCUT2D eigenvalue weighted by molar-refractivity contribution is -0.646. The molecule has 3 nitrogen and oxygen atoms in total. The molecule has 0 amide bonds. The maximum Gasteiger partial charge on any atom is 0.234 e. The van der Waals surface area contributed by atoms with Gasteiger partial charge in [0.05, 0.1) is 5.97 Å². The average Bonchev–Trinajstić information content (AvgIpc) is 2.42. The highest BCUT2D eigenvalue weighted by Crippen LogP contribution is 2.20. The van der Waals surface area contributed by atoms with Gasteiger partial charge in [-0.15, -0.1) is 0 Å². The molecule has 1 aromatic heterocycles. The van der Waals surface area contributed by atoms with Crippen LogP contribution in [0.4, 0.5) is 0 Å². The standard InChI is InChI=1S/C10H9NO2S/c1-6-11(2)8-4-3-7(10(12)13)5-9(8)14-6/h3-5H,1-2H3. The highest BCUT2D eigenvalue weighted by atomic mass is 32.1. The largest absolute Gasteiger partial charge is 0.545 e. The monoisotopic (exact) mass is 207 g/mol. The van der Waals surface area contributed by atoms with Crippen LogP contribution in [-0.2, 0) is 7.05 Å². The average molecular weight is 207 g/mol. The predicted octanol–water partition coefficient (Wildman–Crippen LogP) is 0.398. The Morgan fingerprint density at radius 1 is 1.50 bits per heavy atom. The van der Waals surface area contributed by atoms with E-state index in [4.69, 9.17) is 0 Å². The van der Waals surface area contributed by atoms with Crippen molar-refractivity contribution in [2.75, 3.05) is 0 Å². The second kappa shape index (κ2) is 3.06. The van der Waals surface area contributed by atoms with Crippen LogP contribution in [0, 0.1) is 6.92 Å². The van der Waals surface area contributed by atoms with Crippen LogP contribution in [0.1, 0.15) is 15.4 Å². The molecule has 0 saturated carbocycles. The number of benzene rings is 1. The van der Waals surface area contributed by atoms with Crippen LogP contribution < -0.4 is 9.67 Å². The minimum atomic E-state index is -1.12. The number of carboxylic acid groups (broad SMARTS) is 1. The van der Waals surface area contributed by atoms with Gasteiger partial charge in [-0.2, -0.15) is 4.57 Å². The SMILES string of the molecule is Cc1sc2cc(C(=O)[O-])ccc2[n+]1C. The van der Waals surface area contributed by atoms with Gasteiger partial charge >= 0.3 is 0 Å². The first-order chi connectivity index (χ1) is 6.59. The number of carboxylic acids is 1. The van der Waals surface area contributed by atoms with Gasteiger partial charge in [0.1, 0.15) is 11.7 Å². The van der Waals surface area contributed by atoms with Gasteiger partial charge in [-0.3, -0.25) is 0 Å². The molecular weight excluding hydrogens is 198 g/mol. The summed E-state index contributed by atoms with van der Waals surface area (Å²) >= 11 is 1.58. The Balaban J connectivity index is 2.73. The third-order valence-electron chi connectivity index (χ3n) is 2.29. The summed E-state index contributed by atoms with van der Waals surface area (Å²) in [5, 5.41) is 11.8. The van der Waals surface area contributed by atoms with Gasteiger partial charge < -0.3 is 9.90 Å². The highest BCUT2D eigenvalue weighted by Gasteiger charge is 2.12. The van der Waals surface area contributed by atoms with Gasteiger partial charge in [0, 0.05) is 13.0 Å². The van der Waals surface area contributed by atoms with E-state index >= 15 is 0 Å².